The molecule has 0 unspecified atom stereocenters. The highest BCUT2D eigenvalue weighted by Gasteiger charge is 2.39. The summed E-state index contributed by atoms with van der Waals surface area (Å²) in [6.45, 7) is 0.243. The molecule has 0 radical (unpaired) electrons. The number of amides is 1. The number of rotatable bonds is 1. The van der Waals surface area contributed by atoms with Crippen molar-refractivity contribution in [1.82, 2.24) is 4.90 Å². The summed E-state index contributed by atoms with van der Waals surface area (Å²) < 4.78 is 8.96. The number of hydrogen-bond acceptors (Lipinski definition) is 5. The van der Waals surface area contributed by atoms with Gasteiger partial charge in [-0.1, -0.05) is 0 Å². The van der Waals surface area contributed by atoms with Gasteiger partial charge in [0.1, 0.15) is 5.92 Å². The molecule has 0 aromatic carbocycles. The second kappa shape index (κ2) is 4.28. The van der Waals surface area contributed by atoms with Gasteiger partial charge in [0.25, 0.3) is 0 Å². The van der Waals surface area contributed by atoms with Crippen molar-refractivity contribution >= 4 is 12.1 Å². The highest BCUT2D eigenvalue weighted by molar-refractivity contribution is 5.76. The van der Waals surface area contributed by atoms with E-state index >= 15 is 0 Å². The molecule has 14 heavy (non-hydrogen) atoms. The molecule has 0 bridgehead atoms. The largest absolute Gasteiger partial charge is 0.469 e. The quantitative estimate of drug-likeness (QED) is 0.566. The average Bonchev–Trinajstić information content (AvgIpc) is 2.58. The summed E-state index contributed by atoms with van der Waals surface area (Å²) >= 11 is 0. The molecule has 1 fully saturated rings. The maximum Gasteiger partial charge on any atom is 0.409 e. The number of aliphatic hydroxyl groups excluding tert-OH is 1. The molecule has 1 saturated heterocycles. The molecule has 6 nitrogen and oxygen atoms in total. The van der Waals surface area contributed by atoms with Crippen molar-refractivity contribution in [2.45, 2.75) is 6.10 Å². The fourth-order valence-electron chi connectivity index (χ4n) is 1.45. The number of carbonyl (C=O) groups excluding carboxylic acids is 2. The fraction of sp³-hybridized carbons (Fsp3) is 0.750. The lowest BCUT2D eigenvalue weighted by atomic mass is 10.1. The number of hydrogen-bond donors (Lipinski definition) is 1. The Balaban J connectivity index is 2.59. The standard InChI is InChI=1S/C8H13NO5/c1-13-7(11)5-3-9(4-6(5)10)8(12)14-2/h5-6,10H,3-4H2,1-2H3/t5-,6+/m0/s1. The topological polar surface area (TPSA) is 76.1 Å². The summed E-state index contributed by atoms with van der Waals surface area (Å²) in [6.07, 6.45) is -1.42. The molecule has 0 aromatic heterocycles. The predicted octanol–water partition coefficient (Wildman–Crippen LogP) is -0.782. The first-order valence-corrected chi connectivity index (χ1v) is 4.19. The van der Waals surface area contributed by atoms with E-state index in [9.17, 15) is 14.7 Å². The smallest absolute Gasteiger partial charge is 0.409 e. The summed E-state index contributed by atoms with van der Waals surface area (Å²) in [5.41, 5.74) is 0. The van der Waals surface area contributed by atoms with Gasteiger partial charge in [0.05, 0.1) is 26.9 Å². The van der Waals surface area contributed by atoms with E-state index in [1.165, 1.54) is 19.1 Å². The van der Waals surface area contributed by atoms with Crippen LogP contribution < -0.4 is 0 Å². The number of ether oxygens (including phenoxy) is 2. The molecule has 1 rings (SSSR count). The molecule has 2 atom stereocenters. The van der Waals surface area contributed by atoms with Crippen LogP contribution in [0.4, 0.5) is 4.79 Å². The number of β-amino-alcohol motifs (C(OH)–C–C–N with tert-alkyl or cyclic N) is 1. The van der Waals surface area contributed by atoms with E-state index in [2.05, 4.69) is 9.47 Å². The third-order valence-corrected chi connectivity index (χ3v) is 2.23. The van der Waals surface area contributed by atoms with Gasteiger partial charge in [0.15, 0.2) is 0 Å². The Morgan fingerprint density at radius 2 is 1.93 bits per heavy atom. The first kappa shape index (κ1) is 10.8. The van der Waals surface area contributed by atoms with Crippen LogP contribution in [0.25, 0.3) is 0 Å². The van der Waals surface area contributed by atoms with E-state index in [1.807, 2.05) is 0 Å². The molecular formula is C8H13NO5. The van der Waals surface area contributed by atoms with Crippen LogP contribution in [-0.2, 0) is 14.3 Å². The average molecular weight is 203 g/mol. The van der Waals surface area contributed by atoms with Crippen molar-refractivity contribution in [2.75, 3.05) is 27.3 Å². The van der Waals surface area contributed by atoms with E-state index in [0.717, 1.165) is 0 Å². The van der Waals surface area contributed by atoms with Crippen LogP contribution >= 0.6 is 0 Å². The number of methoxy groups -OCH3 is 2. The Morgan fingerprint density at radius 3 is 2.43 bits per heavy atom. The molecule has 0 saturated carbocycles. The van der Waals surface area contributed by atoms with Gasteiger partial charge in [0.2, 0.25) is 0 Å². The number of nitrogens with zero attached hydrogens (tertiary/aromatic N) is 1. The van der Waals surface area contributed by atoms with Crippen LogP contribution in [-0.4, -0.2) is 55.5 Å². The van der Waals surface area contributed by atoms with Crippen molar-refractivity contribution in [3.63, 3.8) is 0 Å². The zero-order chi connectivity index (χ0) is 10.7. The van der Waals surface area contributed by atoms with E-state index in [4.69, 9.17) is 0 Å². The maximum atomic E-state index is 11.1. The SMILES string of the molecule is COC(=O)[C@H]1CN(C(=O)OC)C[C@H]1O. The first-order valence-electron chi connectivity index (χ1n) is 4.19. The van der Waals surface area contributed by atoms with Gasteiger partial charge in [-0.05, 0) is 0 Å². The van der Waals surface area contributed by atoms with E-state index in [-0.39, 0.29) is 13.1 Å². The summed E-state index contributed by atoms with van der Waals surface area (Å²) in [5.74, 6) is -1.18. The Labute approximate surface area is 81.4 Å². The number of likely N-dealkylation sites (tertiary alicyclic amines) is 1. The third-order valence-electron chi connectivity index (χ3n) is 2.23. The lowest BCUT2D eigenvalue weighted by molar-refractivity contribution is -0.147. The predicted molar refractivity (Wildman–Crippen MR) is 45.5 cm³/mol. The molecule has 0 aromatic rings. The molecule has 1 heterocycles. The lowest BCUT2D eigenvalue weighted by Crippen LogP contribution is -2.29. The Morgan fingerprint density at radius 1 is 1.29 bits per heavy atom. The van der Waals surface area contributed by atoms with Crippen LogP contribution in [0.2, 0.25) is 0 Å². The highest BCUT2D eigenvalue weighted by atomic mass is 16.5. The molecule has 0 aliphatic carbocycles. The fourth-order valence-corrected chi connectivity index (χ4v) is 1.45. The minimum atomic E-state index is -0.874. The zero-order valence-electron chi connectivity index (χ0n) is 8.10. The van der Waals surface area contributed by atoms with Gasteiger partial charge in [-0.3, -0.25) is 4.79 Å². The summed E-state index contributed by atoms with van der Waals surface area (Å²) in [4.78, 5) is 23.4. The van der Waals surface area contributed by atoms with Crippen molar-refractivity contribution in [2.24, 2.45) is 5.92 Å². The Bertz CT molecular complexity index is 242. The minimum absolute atomic E-state index is 0.104. The summed E-state index contributed by atoms with van der Waals surface area (Å²) in [5, 5.41) is 9.46. The molecule has 6 heteroatoms. The second-order valence-electron chi connectivity index (χ2n) is 3.07. The van der Waals surface area contributed by atoms with Crippen LogP contribution in [0.5, 0.6) is 0 Å². The molecule has 1 aliphatic rings. The van der Waals surface area contributed by atoms with E-state index in [1.54, 1.807) is 0 Å². The zero-order valence-corrected chi connectivity index (χ0v) is 8.10. The molecule has 80 valence electrons. The molecule has 1 amide bonds. The van der Waals surface area contributed by atoms with Crippen molar-refractivity contribution < 1.29 is 24.2 Å². The van der Waals surface area contributed by atoms with Crippen LogP contribution in [0.15, 0.2) is 0 Å². The molecule has 1 N–H and O–H groups in total. The first-order chi connectivity index (χ1) is 6.60. The highest BCUT2D eigenvalue weighted by Crippen LogP contribution is 2.18. The van der Waals surface area contributed by atoms with Crippen LogP contribution in [0.3, 0.4) is 0 Å². The summed E-state index contributed by atoms with van der Waals surface area (Å²) in [6, 6.07) is 0. The lowest BCUT2D eigenvalue weighted by Gasteiger charge is -2.12. The van der Waals surface area contributed by atoms with E-state index in [0.29, 0.717) is 0 Å². The second-order valence-corrected chi connectivity index (χ2v) is 3.07. The van der Waals surface area contributed by atoms with Gasteiger partial charge in [0, 0.05) is 6.54 Å². The molecule has 1 aliphatic heterocycles. The maximum absolute atomic E-state index is 11.1. The van der Waals surface area contributed by atoms with Crippen molar-refractivity contribution in [1.29, 1.82) is 0 Å². The Hall–Kier alpha value is -1.30. The van der Waals surface area contributed by atoms with Crippen LogP contribution in [0.1, 0.15) is 0 Å². The van der Waals surface area contributed by atoms with Crippen molar-refractivity contribution in [3.8, 4) is 0 Å². The molecular weight excluding hydrogens is 190 g/mol. The Kier molecular flexibility index (Phi) is 3.29. The minimum Gasteiger partial charge on any atom is -0.469 e. The van der Waals surface area contributed by atoms with Crippen molar-refractivity contribution in [3.05, 3.63) is 0 Å². The van der Waals surface area contributed by atoms with Gasteiger partial charge in [-0.2, -0.15) is 0 Å². The van der Waals surface area contributed by atoms with Gasteiger partial charge in [-0.25, -0.2) is 4.79 Å². The van der Waals surface area contributed by atoms with E-state index < -0.39 is 24.1 Å². The third kappa shape index (κ3) is 1.95. The van der Waals surface area contributed by atoms with Gasteiger partial charge in [-0.15, -0.1) is 0 Å². The normalized spacial score (nSPS) is 26.1. The summed E-state index contributed by atoms with van der Waals surface area (Å²) in [7, 11) is 2.50. The monoisotopic (exact) mass is 203 g/mol. The van der Waals surface area contributed by atoms with Gasteiger partial charge >= 0.3 is 12.1 Å². The number of carbonyl (C=O) groups is 2. The van der Waals surface area contributed by atoms with Gasteiger partial charge < -0.3 is 19.5 Å². The molecule has 0 spiro atoms. The number of aliphatic hydroxyl groups is 1. The number of esters is 1. The van der Waals surface area contributed by atoms with Crippen LogP contribution in [0, 0.1) is 5.92 Å².